The average Bonchev–Trinajstić information content (AvgIpc) is 2.96. The minimum absolute atomic E-state index is 0.0692. The minimum atomic E-state index is 0.0692. The zero-order chi connectivity index (χ0) is 15.7. The van der Waals surface area contributed by atoms with Crippen molar-refractivity contribution in [1.82, 2.24) is 9.88 Å². The highest BCUT2D eigenvalue weighted by Crippen LogP contribution is 2.22. The molecule has 1 aromatic heterocycles. The maximum atomic E-state index is 12.7. The van der Waals surface area contributed by atoms with Crippen molar-refractivity contribution in [3.8, 4) is 0 Å². The van der Waals surface area contributed by atoms with Crippen LogP contribution in [-0.4, -0.2) is 42.0 Å². The third-order valence-electron chi connectivity index (χ3n) is 3.94. The number of nitrogen functional groups attached to an aromatic ring is 1. The van der Waals surface area contributed by atoms with Gasteiger partial charge in [-0.15, -0.1) is 11.3 Å². The molecule has 1 aromatic carbocycles. The Hall–Kier alpha value is -2.08. The lowest BCUT2D eigenvalue weighted by molar-refractivity contribution is 0.0746. The Labute approximate surface area is 134 Å². The number of thiazole rings is 1. The molecule has 116 valence electrons. The topological polar surface area (TPSA) is 62.5 Å². The molecular formula is C16H20N4OS. The summed E-state index contributed by atoms with van der Waals surface area (Å²) in [6.45, 7) is 7.02. The number of nitrogens with zero attached hydrogens (tertiary/aromatic N) is 3. The van der Waals surface area contributed by atoms with E-state index >= 15 is 0 Å². The lowest BCUT2D eigenvalue weighted by Gasteiger charge is -2.34. The number of benzene rings is 1. The van der Waals surface area contributed by atoms with E-state index in [2.05, 4.69) is 15.3 Å². The van der Waals surface area contributed by atoms with E-state index < -0.39 is 0 Å². The fraction of sp³-hybridized carbons (Fsp3) is 0.375. The minimum Gasteiger partial charge on any atom is -0.399 e. The van der Waals surface area contributed by atoms with Gasteiger partial charge in [0.2, 0.25) is 0 Å². The van der Waals surface area contributed by atoms with Crippen LogP contribution in [0, 0.1) is 13.8 Å². The SMILES string of the molecule is Cc1csc(N2CCN(C(=O)c3cc(N)ccc3C)CC2)n1. The molecule has 0 saturated carbocycles. The third kappa shape index (κ3) is 2.92. The molecule has 0 unspecified atom stereocenters. The molecule has 1 aliphatic heterocycles. The summed E-state index contributed by atoms with van der Waals surface area (Å²) < 4.78 is 0. The summed E-state index contributed by atoms with van der Waals surface area (Å²) in [4.78, 5) is 21.3. The molecule has 1 fully saturated rings. The van der Waals surface area contributed by atoms with Crippen LogP contribution in [0.1, 0.15) is 21.6 Å². The van der Waals surface area contributed by atoms with Crippen LogP contribution in [0.2, 0.25) is 0 Å². The molecule has 5 nitrogen and oxygen atoms in total. The molecule has 0 aliphatic carbocycles. The first kappa shape index (κ1) is 14.8. The van der Waals surface area contributed by atoms with Gasteiger partial charge in [0.25, 0.3) is 5.91 Å². The van der Waals surface area contributed by atoms with Gasteiger partial charge in [0, 0.05) is 42.8 Å². The fourth-order valence-electron chi connectivity index (χ4n) is 2.63. The van der Waals surface area contributed by atoms with Crippen molar-refractivity contribution in [2.24, 2.45) is 0 Å². The maximum Gasteiger partial charge on any atom is 0.254 e. The predicted molar refractivity (Wildman–Crippen MR) is 90.6 cm³/mol. The van der Waals surface area contributed by atoms with Gasteiger partial charge in [-0.1, -0.05) is 6.07 Å². The van der Waals surface area contributed by atoms with E-state index in [-0.39, 0.29) is 5.91 Å². The Bertz CT molecular complexity index is 689. The van der Waals surface area contributed by atoms with E-state index in [1.54, 1.807) is 17.4 Å². The lowest BCUT2D eigenvalue weighted by Crippen LogP contribution is -2.49. The van der Waals surface area contributed by atoms with Gasteiger partial charge in [-0.3, -0.25) is 4.79 Å². The number of carbonyl (C=O) groups excluding carboxylic acids is 1. The van der Waals surface area contributed by atoms with E-state index in [1.807, 2.05) is 30.9 Å². The number of aryl methyl sites for hydroxylation is 2. The van der Waals surface area contributed by atoms with Crippen molar-refractivity contribution in [1.29, 1.82) is 0 Å². The van der Waals surface area contributed by atoms with Gasteiger partial charge in [0.05, 0.1) is 5.69 Å². The number of rotatable bonds is 2. The van der Waals surface area contributed by atoms with E-state index in [1.165, 1.54) is 0 Å². The van der Waals surface area contributed by atoms with Crippen LogP contribution in [-0.2, 0) is 0 Å². The summed E-state index contributed by atoms with van der Waals surface area (Å²) in [6.07, 6.45) is 0. The zero-order valence-electron chi connectivity index (χ0n) is 12.9. The highest BCUT2D eigenvalue weighted by atomic mass is 32.1. The summed E-state index contributed by atoms with van der Waals surface area (Å²) >= 11 is 1.66. The molecule has 0 bridgehead atoms. The van der Waals surface area contributed by atoms with Crippen molar-refractivity contribution in [3.63, 3.8) is 0 Å². The van der Waals surface area contributed by atoms with Crippen molar-refractivity contribution in [3.05, 3.63) is 40.4 Å². The monoisotopic (exact) mass is 316 g/mol. The number of anilines is 2. The molecule has 2 heterocycles. The second-order valence-corrected chi connectivity index (χ2v) is 6.46. The second kappa shape index (κ2) is 5.96. The normalized spacial score (nSPS) is 15.2. The Balaban J connectivity index is 1.68. The smallest absolute Gasteiger partial charge is 0.254 e. The average molecular weight is 316 g/mol. The largest absolute Gasteiger partial charge is 0.399 e. The molecule has 3 rings (SSSR count). The third-order valence-corrected chi connectivity index (χ3v) is 4.96. The molecule has 1 amide bonds. The summed E-state index contributed by atoms with van der Waals surface area (Å²) in [5.41, 5.74) is 9.17. The zero-order valence-corrected chi connectivity index (χ0v) is 13.7. The van der Waals surface area contributed by atoms with Crippen LogP contribution < -0.4 is 10.6 Å². The van der Waals surface area contributed by atoms with Crippen molar-refractivity contribution in [2.45, 2.75) is 13.8 Å². The first-order valence-corrected chi connectivity index (χ1v) is 8.25. The maximum absolute atomic E-state index is 12.7. The van der Waals surface area contributed by atoms with Crippen LogP contribution in [0.25, 0.3) is 0 Å². The van der Waals surface area contributed by atoms with Gasteiger partial charge in [0.1, 0.15) is 0 Å². The number of carbonyl (C=O) groups is 1. The van der Waals surface area contributed by atoms with Gasteiger partial charge in [-0.05, 0) is 31.5 Å². The molecule has 0 radical (unpaired) electrons. The van der Waals surface area contributed by atoms with Gasteiger partial charge < -0.3 is 15.5 Å². The van der Waals surface area contributed by atoms with Crippen LogP contribution in [0.5, 0.6) is 0 Å². The number of nitrogens with two attached hydrogens (primary N) is 1. The van der Waals surface area contributed by atoms with Crippen LogP contribution in [0.4, 0.5) is 10.8 Å². The number of hydrogen-bond acceptors (Lipinski definition) is 5. The molecule has 1 aliphatic rings. The standard InChI is InChI=1S/C16H20N4OS/c1-11-3-4-13(17)9-14(11)15(21)19-5-7-20(8-6-19)16-18-12(2)10-22-16/h3-4,9-10H,5-8,17H2,1-2H3. The van der Waals surface area contributed by atoms with Gasteiger partial charge >= 0.3 is 0 Å². The van der Waals surface area contributed by atoms with E-state index in [9.17, 15) is 4.79 Å². The molecule has 0 spiro atoms. The summed E-state index contributed by atoms with van der Waals surface area (Å²) in [5.74, 6) is 0.0692. The Morgan fingerprint density at radius 1 is 1.23 bits per heavy atom. The van der Waals surface area contributed by atoms with Gasteiger partial charge in [-0.25, -0.2) is 4.98 Å². The second-order valence-electron chi connectivity index (χ2n) is 5.63. The number of amides is 1. The molecular weight excluding hydrogens is 296 g/mol. The Morgan fingerprint density at radius 2 is 1.95 bits per heavy atom. The van der Waals surface area contributed by atoms with Gasteiger partial charge in [0.15, 0.2) is 5.13 Å². The van der Waals surface area contributed by atoms with Crippen LogP contribution >= 0.6 is 11.3 Å². The van der Waals surface area contributed by atoms with Crippen LogP contribution in [0.3, 0.4) is 0 Å². The van der Waals surface area contributed by atoms with E-state index in [4.69, 9.17) is 5.73 Å². The highest BCUT2D eigenvalue weighted by molar-refractivity contribution is 7.13. The highest BCUT2D eigenvalue weighted by Gasteiger charge is 2.24. The lowest BCUT2D eigenvalue weighted by atomic mass is 10.1. The Morgan fingerprint density at radius 3 is 2.59 bits per heavy atom. The number of aromatic nitrogens is 1. The van der Waals surface area contributed by atoms with Crippen molar-refractivity contribution >= 4 is 28.1 Å². The van der Waals surface area contributed by atoms with Crippen molar-refractivity contribution in [2.75, 3.05) is 36.8 Å². The molecule has 2 N–H and O–H groups in total. The summed E-state index contributed by atoms with van der Waals surface area (Å²) in [7, 11) is 0. The first-order chi connectivity index (χ1) is 10.5. The fourth-order valence-corrected chi connectivity index (χ4v) is 3.49. The summed E-state index contributed by atoms with van der Waals surface area (Å²) in [5, 5.41) is 3.10. The predicted octanol–water partition coefficient (Wildman–Crippen LogP) is 2.30. The first-order valence-electron chi connectivity index (χ1n) is 7.37. The number of piperazine rings is 1. The van der Waals surface area contributed by atoms with Crippen molar-refractivity contribution < 1.29 is 4.79 Å². The molecule has 6 heteroatoms. The molecule has 2 aromatic rings. The van der Waals surface area contributed by atoms with Crippen LogP contribution in [0.15, 0.2) is 23.6 Å². The van der Waals surface area contributed by atoms with Gasteiger partial charge in [-0.2, -0.15) is 0 Å². The van der Waals surface area contributed by atoms with E-state index in [0.717, 1.165) is 29.5 Å². The summed E-state index contributed by atoms with van der Waals surface area (Å²) in [6, 6.07) is 5.50. The molecule has 22 heavy (non-hydrogen) atoms. The van der Waals surface area contributed by atoms with E-state index in [0.29, 0.717) is 24.3 Å². The quantitative estimate of drug-likeness (QED) is 0.864. The molecule has 0 atom stereocenters. The molecule has 1 saturated heterocycles. The number of hydrogen-bond donors (Lipinski definition) is 1. The Kier molecular flexibility index (Phi) is 4.02.